The summed E-state index contributed by atoms with van der Waals surface area (Å²) in [5.74, 6) is 1.04. The van der Waals surface area contributed by atoms with E-state index in [9.17, 15) is 29.9 Å². The second kappa shape index (κ2) is 39.0. The van der Waals surface area contributed by atoms with Crippen LogP contribution in [-0.2, 0) is 18.3 Å². The molecule has 5 N–H and O–H groups in total. The smallest absolute Gasteiger partial charge is 0.394 e. The predicted molar refractivity (Wildman–Crippen MR) is 300 cm³/mol. The van der Waals surface area contributed by atoms with E-state index in [0.29, 0.717) is 6.42 Å². The molecule has 0 aromatic carbocycles. The lowest BCUT2D eigenvalue weighted by Crippen LogP contribution is -2.58. The molecule has 408 valence electrons. The average Bonchev–Trinajstić information content (AvgIpc) is 3.29. The van der Waals surface area contributed by atoms with E-state index in [1.54, 1.807) is 5.57 Å². The number of ether oxygens (including phenoxy) is 1. The van der Waals surface area contributed by atoms with Crippen LogP contribution in [0, 0.1) is 11.8 Å². The first-order valence-corrected chi connectivity index (χ1v) is 29.0. The summed E-state index contributed by atoms with van der Waals surface area (Å²) in [6.07, 6.45) is 37.7. The van der Waals surface area contributed by atoms with Gasteiger partial charge in [-0.3, -0.25) is 9.05 Å². The lowest BCUT2D eigenvalue weighted by atomic mass is 10.00. The van der Waals surface area contributed by atoms with Crippen LogP contribution < -0.4 is 0 Å². The number of phosphoric ester groups is 1. The number of hydrogen-bond donors (Lipinski definition) is 5. The lowest BCUT2D eigenvalue weighted by molar-refractivity contribution is -0.281. The van der Waals surface area contributed by atoms with Crippen molar-refractivity contribution in [2.75, 3.05) is 13.2 Å². The molecule has 0 saturated carbocycles. The van der Waals surface area contributed by atoms with Gasteiger partial charge in [0.25, 0.3) is 0 Å². The minimum atomic E-state index is -4.63. The van der Waals surface area contributed by atoms with E-state index in [4.69, 9.17) is 13.8 Å². The van der Waals surface area contributed by atoms with Gasteiger partial charge in [-0.1, -0.05) is 132 Å². The SMILES string of the molecule is CC(=CCCC(C)=CCCC(C)=CCCC(C)=CCCC(C)=CCCC(C)CCOP(=O)(O)OC1OC(CO)C(O)C(O)C1O)CCC=C(C)CCC=C(C)CCC=C(C)CCC=C(C)CCCC(C)C. The molecule has 0 bridgehead atoms. The number of hydrogen-bond acceptors (Lipinski definition) is 8. The zero-order chi connectivity index (χ0) is 53.2. The highest BCUT2D eigenvalue weighted by molar-refractivity contribution is 7.47. The molecule has 0 radical (unpaired) electrons. The van der Waals surface area contributed by atoms with Gasteiger partial charge in [0.15, 0.2) is 6.29 Å². The topological polar surface area (TPSA) is 146 Å². The van der Waals surface area contributed by atoms with Crippen molar-refractivity contribution in [2.45, 2.75) is 255 Å². The molecule has 0 aromatic rings. The van der Waals surface area contributed by atoms with Gasteiger partial charge in [0.05, 0.1) is 13.2 Å². The molecule has 10 heteroatoms. The summed E-state index contributed by atoms with van der Waals surface area (Å²) in [5.41, 5.74) is 13.3. The number of rotatable bonds is 38. The lowest BCUT2D eigenvalue weighted by Gasteiger charge is -2.39. The zero-order valence-electron chi connectivity index (χ0n) is 47.0. The Labute approximate surface area is 434 Å². The molecule has 1 aliphatic heterocycles. The maximum absolute atomic E-state index is 12.4. The van der Waals surface area contributed by atoms with Crippen molar-refractivity contribution in [2.24, 2.45) is 11.8 Å². The Kier molecular flexibility index (Phi) is 36.6. The Bertz CT molecular complexity index is 1810. The van der Waals surface area contributed by atoms with Gasteiger partial charge in [-0.25, -0.2) is 4.57 Å². The molecule has 71 heavy (non-hydrogen) atoms. The summed E-state index contributed by atoms with van der Waals surface area (Å²) < 4.78 is 27.5. The molecular weight excluding hydrogens is 908 g/mol. The second-order valence-corrected chi connectivity index (χ2v) is 23.0. The Morgan fingerprint density at radius 1 is 0.479 bits per heavy atom. The van der Waals surface area contributed by atoms with Crippen molar-refractivity contribution >= 4 is 7.82 Å². The quantitative estimate of drug-likeness (QED) is 0.0301. The Hall–Kier alpha value is -2.43. The van der Waals surface area contributed by atoms with Crippen LogP contribution in [0.5, 0.6) is 0 Å². The van der Waals surface area contributed by atoms with Crippen molar-refractivity contribution in [1.29, 1.82) is 0 Å². The molecule has 0 aliphatic carbocycles. The molecule has 1 heterocycles. The third kappa shape index (κ3) is 34.6. The fraction of sp³-hybridized carbons (Fsp3) is 0.705. The molecule has 0 spiro atoms. The highest BCUT2D eigenvalue weighted by Crippen LogP contribution is 2.46. The largest absolute Gasteiger partial charge is 0.474 e. The van der Waals surface area contributed by atoms with Crippen molar-refractivity contribution in [1.82, 2.24) is 0 Å². The van der Waals surface area contributed by atoms with Crippen LogP contribution in [0.3, 0.4) is 0 Å². The third-order valence-electron chi connectivity index (χ3n) is 13.7. The van der Waals surface area contributed by atoms with Crippen molar-refractivity contribution in [3.63, 3.8) is 0 Å². The Morgan fingerprint density at radius 3 is 1.13 bits per heavy atom. The summed E-state index contributed by atoms with van der Waals surface area (Å²) >= 11 is 0. The molecule has 7 atom stereocenters. The number of allylic oxidation sites excluding steroid dienone is 18. The highest BCUT2D eigenvalue weighted by atomic mass is 31.2. The van der Waals surface area contributed by atoms with E-state index in [1.165, 1.54) is 83.1 Å². The molecule has 0 amide bonds. The van der Waals surface area contributed by atoms with E-state index in [0.717, 1.165) is 102 Å². The van der Waals surface area contributed by atoms with E-state index in [2.05, 4.69) is 131 Å². The summed E-state index contributed by atoms with van der Waals surface area (Å²) in [7, 11) is -4.63. The van der Waals surface area contributed by atoms with Crippen LogP contribution in [0.25, 0.3) is 0 Å². The van der Waals surface area contributed by atoms with Crippen molar-refractivity contribution in [3.8, 4) is 0 Å². The zero-order valence-corrected chi connectivity index (χ0v) is 47.9. The van der Waals surface area contributed by atoms with Crippen LogP contribution in [-0.4, -0.2) is 69.2 Å². The minimum Gasteiger partial charge on any atom is -0.394 e. The summed E-state index contributed by atoms with van der Waals surface area (Å²) in [6, 6.07) is 0. The first-order valence-electron chi connectivity index (χ1n) is 27.5. The molecule has 7 unspecified atom stereocenters. The van der Waals surface area contributed by atoms with Crippen LogP contribution >= 0.6 is 7.82 Å². The standard InChI is InChI=1S/C61H105O9P/c1-46(2)23-13-24-47(3)25-14-26-48(4)27-15-28-49(5)29-16-30-50(6)31-17-32-51(7)33-18-34-52(8)35-19-36-53(9)37-20-38-54(10)39-21-40-55(11)41-22-42-56(12)43-44-68-71(66,67)70-61-60(65)59(64)58(63)57(45-62)69-61/h25,27,29,31,33,35,37,39,41,46,56-65H,13-24,26,28,30,32,34,36,38,40,42-45H2,1-12H3,(H,66,67). The van der Waals surface area contributed by atoms with Gasteiger partial charge in [0.1, 0.15) is 24.4 Å². The normalized spacial score (nSPS) is 22.2. The predicted octanol–water partition coefficient (Wildman–Crippen LogP) is 16.3. The number of aliphatic hydroxyl groups is 4. The van der Waals surface area contributed by atoms with Crippen molar-refractivity contribution in [3.05, 3.63) is 105 Å². The van der Waals surface area contributed by atoms with Gasteiger partial charge < -0.3 is 30.1 Å². The number of aliphatic hydroxyl groups excluding tert-OH is 4. The third-order valence-corrected chi connectivity index (χ3v) is 14.7. The van der Waals surface area contributed by atoms with Crippen molar-refractivity contribution < 1.29 is 43.7 Å². The van der Waals surface area contributed by atoms with Gasteiger partial charge in [0, 0.05) is 0 Å². The molecule has 1 saturated heterocycles. The molecule has 0 aromatic heterocycles. The van der Waals surface area contributed by atoms with Crippen LogP contribution in [0.1, 0.15) is 224 Å². The average molecular weight is 1010 g/mol. The fourth-order valence-electron chi connectivity index (χ4n) is 8.52. The first-order chi connectivity index (χ1) is 33.6. The van der Waals surface area contributed by atoms with Gasteiger partial charge in [-0.15, -0.1) is 0 Å². The summed E-state index contributed by atoms with van der Waals surface area (Å²) in [4.78, 5) is 10.1. The summed E-state index contributed by atoms with van der Waals surface area (Å²) in [6.45, 7) is 26.4. The second-order valence-electron chi connectivity index (χ2n) is 21.6. The fourth-order valence-corrected chi connectivity index (χ4v) is 9.36. The van der Waals surface area contributed by atoms with Gasteiger partial charge in [-0.05, 0) is 209 Å². The van der Waals surface area contributed by atoms with E-state index >= 15 is 0 Å². The van der Waals surface area contributed by atoms with Crippen LogP contribution in [0.15, 0.2) is 105 Å². The van der Waals surface area contributed by atoms with E-state index in [1.807, 2.05) is 6.92 Å². The molecular formula is C61H105O9P. The van der Waals surface area contributed by atoms with Gasteiger partial charge in [-0.2, -0.15) is 0 Å². The monoisotopic (exact) mass is 1010 g/mol. The molecule has 1 aliphatic rings. The van der Waals surface area contributed by atoms with E-state index in [-0.39, 0.29) is 12.5 Å². The maximum Gasteiger partial charge on any atom is 0.474 e. The van der Waals surface area contributed by atoms with Gasteiger partial charge in [0.2, 0.25) is 0 Å². The van der Waals surface area contributed by atoms with Gasteiger partial charge >= 0.3 is 7.82 Å². The minimum absolute atomic E-state index is 0.0443. The van der Waals surface area contributed by atoms with Crippen LogP contribution in [0.2, 0.25) is 0 Å². The maximum atomic E-state index is 12.4. The van der Waals surface area contributed by atoms with E-state index < -0.39 is 45.1 Å². The van der Waals surface area contributed by atoms with Crippen LogP contribution in [0.4, 0.5) is 0 Å². The Balaban J connectivity index is 2.23. The molecule has 1 fully saturated rings. The molecule has 1 rings (SSSR count). The first kappa shape index (κ1) is 66.6. The Morgan fingerprint density at radius 2 is 0.803 bits per heavy atom. The highest BCUT2D eigenvalue weighted by Gasteiger charge is 2.46. The summed E-state index contributed by atoms with van der Waals surface area (Å²) in [5, 5.41) is 39.1. The number of phosphoric acid groups is 1. The molecule has 9 nitrogen and oxygen atoms in total.